The molecule has 1 fully saturated rings. The Kier molecular flexibility index (Phi) is 4.26. The zero-order chi connectivity index (χ0) is 16.4. The molecule has 2 aromatic carbocycles. The number of rotatable bonds is 5. The molecule has 1 N–H and O–H groups in total. The maximum absolute atomic E-state index is 12.3. The van der Waals surface area contributed by atoms with Gasteiger partial charge in [-0.1, -0.05) is 42.5 Å². The lowest BCUT2D eigenvalue weighted by Gasteiger charge is -2.23. The first kappa shape index (κ1) is 15.3. The number of aryl methyl sites for hydroxylation is 1. The molecule has 0 spiro atoms. The third-order valence-electron chi connectivity index (χ3n) is 4.35. The number of imidazole rings is 1. The Morgan fingerprint density at radius 2 is 1.92 bits per heavy atom. The number of thioether (sulfide) groups is 1. The minimum atomic E-state index is 0.207. The largest absolute Gasteiger partial charge is 0.340 e. The van der Waals surface area contributed by atoms with E-state index in [-0.39, 0.29) is 11.3 Å². The van der Waals surface area contributed by atoms with Crippen molar-refractivity contribution in [3.05, 3.63) is 66.0 Å². The Bertz CT molecular complexity index is 813. The molecule has 2 heterocycles. The molecule has 4 nitrogen and oxygen atoms in total. The zero-order valence-electron chi connectivity index (χ0n) is 13.3. The summed E-state index contributed by atoms with van der Waals surface area (Å²) in [7, 11) is 0. The second-order valence-corrected chi connectivity index (χ2v) is 7.18. The van der Waals surface area contributed by atoms with E-state index in [9.17, 15) is 4.79 Å². The van der Waals surface area contributed by atoms with Crippen LogP contribution in [-0.4, -0.2) is 31.9 Å². The summed E-state index contributed by atoms with van der Waals surface area (Å²) in [4.78, 5) is 22.2. The van der Waals surface area contributed by atoms with Gasteiger partial charge in [-0.15, -0.1) is 11.8 Å². The number of para-hydroxylation sites is 2. The first-order chi connectivity index (χ1) is 11.8. The summed E-state index contributed by atoms with van der Waals surface area (Å²) in [6.07, 6.45) is 1.96. The molecule has 4 rings (SSSR count). The Morgan fingerprint density at radius 3 is 2.75 bits per heavy atom. The fourth-order valence-corrected chi connectivity index (χ4v) is 4.26. The molecule has 0 bridgehead atoms. The van der Waals surface area contributed by atoms with Gasteiger partial charge < -0.3 is 9.88 Å². The number of benzene rings is 2. The monoisotopic (exact) mass is 337 g/mol. The molecule has 5 heteroatoms. The number of hydrogen-bond donors (Lipinski definition) is 1. The molecule has 1 atom stereocenters. The third-order valence-corrected chi connectivity index (χ3v) is 5.64. The average Bonchev–Trinajstić information content (AvgIpc) is 3.18. The van der Waals surface area contributed by atoms with E-state index in [1.54, 1.807) is 11.8 Å². The van der Waals surface area contributed by atoms with Crippen molar-refractivity contribution in [3.8, 4) is 0 Å². The summed E-state index contributed by atoms with van der Waals surface area (Å²) in [5, 5.41) is 0.228. The standard InChI is InChI=1S/C19H19N3OS/c23-18-13-24-19(11-10-14-6-2-1-3-7-14)22(18)12-17-20-15-8-4-5-9-16(15)21-17/h1-9,19H,10-13H2,(H,20,21). The van der Waals surface area contributed by atoms with Crippen LogP contribution in [0.5, 0.6) is 0 Å². The maximum atomic E-state index is 12.3. The molecule has 0 saturated carbocycles. The van der Waals surface area contributed by atoms with Crippen LogP contribution in [0.1, 0.15) is 17.8 Å². The molecule has 0 radical (unpaired) electrons. The molecule has 1 amide bonds. The lowest BCUT2D eigenvalue weighted by atomic mass is 10.1. The van der Waals surface area contributed by atoms with Crippen molar-refractivity contribution in [3.63, 3.8) is 0 Å². The van der Waals surface area contributed by atoms with Crippen LogP contribution in [0.3, 0.4) is 0 Å². The number of nitrogens with one attached hydrogen (secondary N) is 1. The highest BCUT2D eigenvalue weighted by molar-refractivity contribution is 8.00. The summed E-state index contributed by atoms with van der Waals surface area (Å²) in [5.74, 6) is 1.63. The molecular weight excluding hydrogens is 318 g/mol. The number of carbonyl (C=O) groups is 1. The van der Waals surface area contributed by atoms with Crippen LogP contribution in [0.25, 0.3) is 11.0 Å². The van der Waals surface area contributed by atoms with Crippen molar-refractivity contribution >= 4 is 28.7 Å². The fourth-order valence-electron chi connectivity index (χ4n) is 3.11. The minimum absolute atomic E-state index is 0.207. The normalized spacial score (nSPS) is 17.8. The summed E-state index contributed by atoms with van der Waals surface area (Å²) >= 11 is 1.74. The van der Waals surface area contributed by atoms with Gasteiger partial charge in [0.25, 0.3) is 0 Å². The highest BCUT2D eigenvalue weighted by Crippen LogP contribution is 2.30. The van der Waals surface area contributed by atoms with Crippen molar-refractivity contribution in [1.82, 2.24) is 14.9 Å². The highest BCUT2D eigenvalue weighted by atomic mass is 32.2. The van der Waals surface area contributed by atoms with Gasteiger partial charge in [0.2, 0.25) is 5.91 Å². The number of carbonyl (C=O) groups excluding carboxylic acids is 1. The van der Waals surface area contributed by atoms with Crippen LogP contribution in [0.2, 0.25) is 0 Å². The van der Waals surface area contributed by atoms with Crippen molar-refractivity contribution in [2.45, 2.75) is 24.8 Å². The molecule has 24 heavy (non-hydrogen) atoms. The predicted octanol–water partition coefficient (Wildman–Crippen LogP) is 3.60. The van der Waals surface area contributed by atoms with Crippen molar-refractivity contribution < 1.29 is 4.79 Å². The smallest absolute Gasteiger partial charge is 0.233 e. The SMILES string of the molecule is O=C1CSC(CCc2ccccc2)N1Cc1nc2ccccc2[nH]1. The lowest BCUT2D eigenvalue weighted by molar-refractivity contribution is -0.128. The summed E-state index contributed by atoms with van der Waals surface area (Å²) < 4.78 is 0. The number of H-pyrrole nitrogens is 1. The summed E-state index contributed by atoms with van der Waals surface area (Å²) in [6.45, 7) is 0.556. The molecule has 1 aliphatic rings. The summed E-state index contributed by atoms with van der Waals surface area (Å²) in [5.41, 5.74) is 3.29. The van der Waals surface area contributed by atoms with E-state index < -0.39 is 0 Å². The van der Waals surface area contributed by atoms with E-state index in [1.165, 1.54) is 5.56 Å². The van der Waals surface area contributed by atoms with E-state index in [4.69, 9.17) is 0 Å². The number of nitrogens with zero attached hydrogens (tertiary/aromatic N) is 2. The molecule has 1 aliphatic heterocycles. The molecule has 1 unspecified atom stereocenters. The Balaban J connectivity index is 1.46. The number of aromatic amines is 1. The topological polar surface area (TPSA) is 49.0 Å². The van der Waals surface area contributed by atoms with Crippen LogP contribution in [-0.2, 0) is 17.8 Å². The number of amides is 1. The second kappa shape index (κ2) is 6.69. The highest BCUT2D eigenvalue weighted by Gasteiger charge is 2.31. The minimum Gasteiger partial charge on any atom is -0.340 e. The van der Waals surface area contributed by atoms with Crippen molar-refractivity contribution in [2.75, 3.05) is 5.75 Å². The lowest BCUT2D eigenvalue weighted by Crippen LogP contribution is -2.32. The van der Waals surface area contributed by atoms with Gasteiger partial charge in [0.05, 0.1) is 28.7 Å². The molecular formula is C19H19N3OS. The number of aromatic nitrogens is 2. The zero-order valence-corrected chi connectivity index (χ0v) is 14.1. The van der Waals surface area contributed by atoms with E-state index in [0.717, 1.165) is 29.7 Å². The van der Waals surface area contributed by atoms with Gasteiger partial charge >= 0.3 is 0 Å². The summed E-state index contributed by atoms with van der Waals surface area (Å²) in [6, 6.07) is 18.4. The maximum Gasteiger partial charge on any atom is 0.233 e. The molecule has 3 aromatic rings. The predicted molar refractivity (Wildman–Crippen MR) is 97.7 cm³/mol. The molecule has 122 valence electrons. The van der Waals surface area contributed by atoms with Crippen LogP contribution < -0.4 is 0 Å². The second-order valence-electron chi connectivity index (χ2n) is 6.01. The number of hydrogen-bond acceptors (Lipinski definition) is 3. The van der Waals surface area contributed by atoms with E-state index >= 15 is 0 Å². The van der Waals surface area contributed by atoms with Gasteiger partial charge in [-0.3, -0.25) is 4.79 Å². The third kappa shape index (κ3) is 3.17. The van der Waals surface area contributed by atoms with Gasteiger partial charge in [-0.2, -0.15) is 0 Å². The van der Waals surface area contributed by atoms with E-state index in [2.05, 4.69) is 34.2 Å². The molecule has 1 saturated heterocycles. The number of fused-ring (bicyclic) bond motifs is 1. The van der Waals surface area contributed by atoms with Gasteiger partial charge in [-0.25, -0.2) is 4.98 Å². The Morgan fingerprint density at radius 1 is 1.12 bits per heavy atom. The first-order valence-corrected chi connectivity index (χ1v) is 9.23. The van der Waals surface area contributed by atoms with Crippen molar-refractivity contribution in [2.24, 2.45) is 0 Å². The van der Waals surface area contributed by atoms with Crippen molar-refractivity contribution in [1.29, 1.82) is 0 Å². The fraction of sp³-hybridized carbons (Fsp3) is 0.263. The van der Waals surface area contributed by atoms with E-state index in [0.29, 0.717) is 12.3 Å². The molecule has 0 aliphatic carbocycles. The van der Waals surface area contributed by atoms with Gasteiger partial charge in [-0.05, 0) is 30.5 Å². The van der Waals surface area contributed by atoms with Crippen LogP contribution in [0, 0.1) is 0 Å². The Labute approximate surface area is 145 Å². The Hall–Kier alpha value is -2.27. The molecule has 1 aromatic heterocycles. The van der Waals surface area contributed by atoms with Crippen LogP contribution in [0.4, 0.5) is 0 Å². The first-order valence-electron chi connectivity index (χ1n) is 8.18. The van der Waals surface area contributed by atoms with Crippen LogP contribution in [0.15, 0.2) is 54.6 Å². The van der Waals surface area contributed by atoms with Gasteiger partial charge in [0.1, 0.15) is 5.82 Å². The van der Waals surface area contributed by atoms with Gasteiger partial charge in [0.15, 0.2) is 0 Å². The van der Waals surface area contributed by atoms with Crippen LogP contribution >= 0.6 is 11.8 Å². The van der Waals surface area contributed by atoms with Gasteiger partial charge in [0, 0.05) is 0 Å². The quantitative estimate of drug-likeness (QED) is 0.774. The average molecular weight is 337 g/mol. The van der Waals surface area contributed by atoms with E-state index in [1.807, 2.05) is 35.2 Å².